The number of likely N-dealkylation sites (N-methyl/N-ethyl adjacent to an activating group) is 1. The number of carbonyl (C=O) groups is 1. The first-order valence-corrected chi connectivity index (χ1v) is 6.92. The van der Waals surface area contributed by atoms with E-state index in [1.54, 1.807) is 11.7 Å². The zero-order chi connectivity index (χ0) is 15.5. The Hall–Kier alpha value is -2.21. The number of aryl methyl sites for hydroxylation is 3. The molecule has 0 aliphatic heterocycles. The molecule has 1 aromatic heterocycles. The molecule has 0 aliphatic rings. The van der Waals surface area contributed by atoms with Crippen LogP contribution in [0.3, 0.4) is 0 Å². The van der Waals surface area contributed by atoms with Crippen LogP contribution in [0.2, 0.25) is 0 Å². The summed E-state index contributed by atoms with van der Waals surface area (Å²) in [5.41, 5.74) is 5.62. The summed E-state index contributed by atoms with van der Waals surface area (Å²) in [5, 5.41) is 7.42. The fourth-order valence-corrected chi connectivity index (χ4v) is 2.57. The number of hydrogen-bond donors (Lipinski definition) is 2. The molecule has 1 heterocycles. The van der Waals surface area contributed by atoms with Crippen LogP contribution in [0, 0.1) is 13.8 Å². The minimum absolute atomic E-state index is 0.398. The molecule has 0 aliphatic carbocycles. The van der Waals surface area contributed by atoms with E-state index in [1.165, 1.54) is 0 Å². The fraction of sp³-hybridized carbons (Fsp3) is 0.400. The lowest BCUT2D eigenvalue weighted by molar-refractivity contribution is -0.125. The highest BCUT2D eigenvalue weighted by molar-refractivity contribution is 5.86. The van der Waals surface area contributed by atoms with Gasteiger partial charge < -0.3 is 11.1 Å². The van der Waals surface area contributed by atoms with Gasteiger partial charge in [0.1, 0.15) is 17.2 Å². The van der Waals surface area contributed by atoms with Crippen molar-refractivity contribution in [1.82, 2.24) is 20.1 Å². The van der Waals surface area contributed by atoms with Crippen LogP contribution >= 0.6 is 0 Å². The second-order valence-corrected chi connectivity index (χ2v) is 5.06. The van der Waals surface area contributed by atoms with Crippen molar-refractivity contribution in [3.05, 3.63) is 47.5 Å². The monoisotopic (exact) mass is 287 g/mol. The van der Waals surface area contributed by atoms with Crippen molar-refractivity contribution in [2.24, 2.45) is 5.73 Å². The molecule has 1 unspecified atom stereocenters. The number of aromatic nitrogens is 3. The number of nitrogens with zero attached hydrogens (tertiary/aromatic N) is 3. The molecule has 6 nitrogen and oxygen atoms in total. The predicted molar refractivity (Wildman–Crippen MR) is 80.5 cm³/mol. The summed E-state index contributed by atoms with van der Waals surface area (Å²) in [6.45, 7) is 4.30. The highest BCUT2D eigenvalue weighted by Gasteiger charge is 2.36. The smallest absolute Gasteiger partial charge is 0.242 e. The van der Waals surface area contributed by atoms with Gasteiger partial charge in [-0.3, -0.25) is 9.48 Å². The Bertz CT molecular complexity index is 622. The normalized spacial score (nSPS) is 13.9. The van der Waals surface area contributed by atoms with Crippen LogP contribution in [0.5, 0.6) is 0 Å². The van der Waals surface area contributed by atoms with E-state index in [2.05, 4.69) is 15.4 Å². The Morgan fingerprint density at radius 1 is 1.33 bits per heavy atom. The molecule has 0 bridgehead atoms. The number of nitrogens with one attached hydrogen (secondary N) is 1. The lowest BCUT2D eigenvalue weighted by Crippen LogP contribution is -2.51. The van der Waals surface area contributed by atoms with Crippen molar-refractivity contribution in [3.63, 3.8) is 0 Å². The largest absolute Gasteiger partial charge is 0.368 e. The summed E-state index contributed by atoms with van der Waals surface area (Å²) in [4.78, 5) is 16.3. The summed E-state index contributed by atoms with van der Waals surface area (Å²) in [7, 11) is 1.75. The third kappa shape index (κ3) is 2.95. The lowest BCUT2D eigenvalue weighted by Gasteiger charge is -2.31. The van der Waals surface area contributed by atoms with Crippen molar-refractivity contribution in [3.8, 4) is 0 Å². The van der Waals surface area contributed by atoms with Crippen molar-refractivity contribution < 1.29 is 4.79 Å². The number of rotatable bonds is 6. The van der Waals surface area contributed by atoms with E-state index in [1.807, 2.05) is 44.2 Å². The molecule has 3 N–H and O–H groups in total. The molecule has 0 spiro atoms. The van der Waals surface area contributed by atoms with Gasteiger partial charge in [-0.05, 0) is 32.9 Å². The van der Waals surface area contributed by atoms with Crippen LogP contribution in [0.1, 0.15) is 23.6 Å². The Labute approximate surface area is 124 Å². The second-order valence-electron chi connectivity index (χ2n) is 5.06. The van der Waals surface area contributed by atoms with Gasteiger partial charge in [0.05, 0.1) is 0 Å². The van der Waals surface area contributed by atoms with Gasteiger partial charge in [-0.2, -0.15) is 5.10 Å². The summed E-state index contributed by atoms with van der Waals surface area (Å²) in [6, 6.07) is 9.52. The molecule has 1 atom stereocenters. The molecular formula is C15H21N5O. The maximum atomic E-state index is 12.1. The van der Waals surface area contributed by atoms with E-state index in [0.29, 0.717) is 13.0 Å². The first kappa shape index (κ1) is 15.2. The summed E-state index contributed by atoms with van der Waals surface area (Å²) in [5.74, 6) is 1.15. The average Bonchev–Trinajstić information content (AvgIpc) is 2.79. The number of hydrogen-bond acceptors (Lipinski definition) is 4. The molecule has 1 aromatic carbocycles. The van der Waals surface area contributed by atoms with Gasteiger partial charge >= 0.3 is 0 Å². The van der Waals surface area contributed by atoms with E-state index >= 15 is 0 Å². The molecule has 112 valence electrons. The summed E-state index contributed by atoms with van der Waals surface area (Å²) >= 11 is 0. The third-order valence-corrected chi connectivity index (χ3v) is 3.78. The molecule has 6 heteroatoms. The van der Waals surface area contributed by atoms with Gasteiger partial charge in [0.15, 0.2) is 0 Å². The summed E-state index contributed by atoms with van der Waals surface area (Å²) < 4.78 is 1.80. The molecule has 0 saturated carbocycles. The first-order valence-electron chi connectivity index (χ1n) is 6.92. The van der Waals surface area contributed by atoms with Crippen LogP contribution in [-0.2, 0) is 16.9 Å². The van der Waals surface area contributed by atoms with Gasteiger partial charge in [0.25, 0.3) is 0 Å². The maximum Gasteiger partial charge on any atom is 0.242 e. The number of benzene rings is 1. The SMILES string of the molecule is CNC(CCn1nc(C)nc1C)(C(N)=O)c1ccccc1. The minimum Gasteiger partial charge on any atom is -0.368 e. The molecule has 1 amide bonds. The number of amides is 1. The second kappa shape index (κ2) is 6.05. The quantitative estimate of drug-likeness (QED) is 0.826. The number of carbonyl (C=O) groups excluding carboxylic acids is 1. The van der Waals surface area contributed by atoms with Gasteiger partial charge in [-0.25, -0.2) is 4.98 Å². The molecule has 2 rings (SSSR count). The Balaban J connectivity index is 2.29. The number of nitrogens with two attached hydrogens (primary N) is 1. The van der Waals surface area contributed by atoms with E-state index < -0.39 is 11.4 Å². The van der Waals surface area contributed by atoms with E-state index in [9.17, 15) is 4.79 Å². The predicted octanol–water partition coefficient (Wildman–Crippen LogP) is 0.885. The Kier molecular flexibility index (Phi) is 4.37. The van der Waals surface area contributed by atoms with E-state index in [4.69, 9.17) is 5.73 Å². The lowest BCUT2D eigenvalue weighted by atomic mass is 9.86. The van der Waals surface area contributed by atoms with Gasteiger partial charge in [0.2, 0.25) is 5.91 Å². The molecular weight excluding hydrogens is 266 g/mol. The van der Waals surface area contributed by atoms with Crippen molar-refractivity contribution in [2.45, 2.75) is 32.4 Å². The van der Waals surface area contributed by atoms with Crippen molar-refractivity contribution >= 4 is 5.91 Å². The van der Waals surface area contributed by atoms with Gasteiger partial charge in [-0.15, -0.1) is 0 Å². The van der Waals surface area contributed by atoms with Crippen LogP contribution in [0.15, 0.2) is 30.3 Å². The topological polar surface area (TPSA) is 85.8 Å². The third-order valence-electron chi connectivity index (χ3n) is 3.78. The van der Waals surface area contributed by atoms with Crippen LogP contribution in [0.25, 0.3) is 0 Å². The van der Waals surface area contributed by atoms with E-state index in [-0.39, 0.29) is 0 Å². The Morgan fingerprint density at radius 3 is 2.48 bits per heavy atom. The Morgan fingerprint density at radius 2 is 2.00 bits per heavy atom. The summed E-state index contributed by atoms with van der Waals surface area (Å²) in [6.07, 6.45) is 0.506. The molecule has 0 saturated heterocycles. The average molecular weight is 287 g/mol. The van der Waals surface area contributed by atoms with Crippen LogP contribution in [-0.4, -0.2) is 27.7 Å². The zero-order valence-corrected chi connectivity index (χ0v) is 12.6. The molecule has 2 aromatic rings. The van der Waals surface area contributed by atoms with Crippen LogP contribution < -0.4 is 11.1 Å². The highest BCUT2D eigenvalue weighted by Crippen LogP contribution is 2.25. The standard InChI is InChI=1S/C15H21N5O/c1-11-18-12(2)20(19-11)10-9-15(17-3,14(16)21)13-7-5-4-6-8-13/h4-8,17H,9-10H2,1-3H3,(H2,16,21). The molecule has 21 heavy (non-hydrogen) atoms. The first-order chi connectivity index (χ1) is 9.99. The highest BCUT2D eigenvalue weighted by atomic mass is 16.1. The number of primary amides is 1. The molecule has 0 fully saturated rings. The van der Waals surface area contributed by atoms with Gasteiger partial charge in [-0.1, -0.05) is 30.3 Å². The van der Waals surface area contributed by atoms with Gasteiger partial charge in [0, 0.05) is 6.54 Å². The van der Waals surface area contributed by atoms with E-state index in [0.717, 1.165) is 17.2 Å². The van der Waals surface area contributed by atoms with Crippen LogP contribution in [0.4, 0.5) is 0 Å². The fourth-order valence-electron chi connectivity index (χ4n) is 2.57. The zero-order valence-electron chi connectivity index (χ0n) is 12.6. The van der Waals surface area contributed by atoms with Crippen molar-refractivity contribution in [2.75, 3.05) is 7.05 Å². The maximum absolute atomic E-state index is 12.1. The van der Waals surface area contributed by atoms with Crippen molar-refractivity contribution in [1.29, 1.82) is 0 Å². The minimum atomic E-state index is -0.909. The molecule has 0 radical (unpaired) electrons.